The van der Waals surface area contributed by atoms with Gasteiger partial charge in [0.25, 0.3) is 0 Å². The van der Waals surface area contributed by atoms with E-state index < -0.39 is 0 Å². The Morgan fingerprint density at radius 1 is 1.38 bits per heavy atom. The van der Waals surface area contributed by atoms with Gasteiger partial charge in [-0.15, -0.1) is 0 Å². The minimum absolute atomic E-state index is 0.402. The van der Waals surface area contributed by atoms with E-state index in [-0.39, 0.29) is 0 Å². The smallest absolute Gasteiger partial charge is 0.174 e. The molecule has 130 valence electrons. The van der Waals surface area contributed by atoms with Crippen LogP contribution in [0.5, 0.6) is 0 Å². The lowest BCUT2D eigenvalue weighted by atomic mass is 10.0. The Balaban J connectivity index is 0.00000139. The quantitative estimate of drug-likeness (QED) is 0.255. The zero-order valence-corrected chi connectivity index (χ0v) is 14.8. The van der Waals surface area contributed by atoms with Crippen molar-refractivity contribution in [3.63, 3.8) is 0 Å². The molecule has 0 spiro atoms. The number of benzene rings is 1. The first kappa shape index (κ1) is 19.4. The minimum atomic E-state index is 0.402. The van der Waals surface area contributed by atoms with Gasteiger partial charge in [-0.25, -0.2) is 5.84 Å². The van der Waals surface area contributed by atoms with Crippen LogP contribution in [-0.4, -0.2) is 11.0 Å². The summed E-state index contributed by atoms with van der Waals surface area (Å²) in [6, 6.07) is 5.61. The van der Waals surface area contributed by atoms with Gasteiger partial charge in [-0.1, -0.05) is 50.6 Å². The molecular formula is C18H27N5O. The van der Waals surface area contributed by atoms with Gasteiger partial charge in [0.2, 0.25) is 0 Å². The van der Waals surface area contributed by atoms with Crippen molar-refractivity contribution in [1.29, 1.82) is 0 Å². The number of nitrogens with zero attached hydrogens (tertiary/aromatic N) is 2. The van der Waals surface area contributed by atoms with E-state index in [2.05, 4.69) is 28.7 Å². The van der Waals surface area contributed by atoms with E-state index in [1.54, 1.807) is 0 Å². The zero-order valence-electron chi connectivity index (χ0n) is 14.8. The zero-order chi connectivity index (χ0) is 17.9. The molecule has 0 radical (unpaired) electrons. The van der Waals surface area contributed by atoms with Crippen LogP contribution in [0.2, 0.25) is 0 Å². The SMILES string of the molecule is C/C=C\C(=C/CCC)c1onc2ccc(/C(=N/N)NN)cc12.CC. The number of rotatable bonds is 5. The van der Waals surface area contributed by atoms with Gasteiger partial charge < -0.3 is 15.8 Å². The van der Waals surface area contributed by atoms with Crippen molar-refractivity contribution in [3.05, 3.63) is 47.8 Å². The van der Waals surface area contributed by atoms with Crippen molar-refractivity contribution in [2.45, 2.75) is 40.5 Å². The number of hydrazone groups is 1. The Morgan fingerprint density at radius 2 is 2.12 bits per heavy atom. The minimum Gasteiger partial charge on any atom is -0.355 e. The summed E-state index contributed by atoms with van der Waals surface area (Å²) in [5, 5.41) is 8.64. The van der Waals surface area contributed by atoms with Gasteiger partial charge in [0.15, 0.2) is 11.6 Å². The van der Waals surface area contributed by atoms with E-state index in [0.717, 1.165) is 40.6 Å². The number of allylic oxidation sites excluding steroid dienone is 4. The molecule has 0 fully saturated rings. The first-order chi connectivity index (χ1) is 11.7. The molecule has 0 saturated heterocycles. The van der Waals surface area contributed by atoms with Gasteiger partial charge in [0.05, 0.1) is 5.39 Å². The Hall–Kier alpha value is -2.60. The highest BCUT2D eigenvalue weighted by Crippen LogP contribution is 2.27. The highest BCUT2D eigenvalue weighted by Gasteiger charge is 2.13. The molecule has 0 saturated carbocycles. The fraction of sp³-hybridized carbons (Fsp3) is 0.333. The summed E-state index contributed by atoms with van der Waals surface area (Å²) in [4.78, 5) is 0. The predicted octanol–water partition coefficient (Wildman–Crippen LogP) is 3.70. The highest BCUT2D eigenvalue weighted by molar-refractivity contribution is 6.02. The Bertz CT molecular complexity index is 728. The molecule has 2 aromatic rings. The number of amidine groups is 1. The molecule has 1 aromatic heterocycles. The molecule has 0 bridgehead atoms. The topological polar surface area (TPSA) is 102 Å². The molecule has 6 heteroatoms. The van der Waals surface area contributed by atoms with Crippen LogP contribution in [0.15, 0.2) is 46.1 Å². The molecular weight excluding hydrogens is 302 g/mol. The lowest BCUT2D eigenvalue weighted by Gasteiger charge is -2.04. The van der Waals surface area contributed by atoms with Crippen LogP contribution in [-0.2, 0) is 0 Å². The molecule has 0 aliphatic heterocycles. The van der Waals surface area contributed by atoms with Gasteiger partial charge in [0.1, 0.15) is 5.52 Å². The maximum Gasteiger partial charge on any atom is 0.174 e. The maximum absolute atomic E-state index is 5.54. The molecule has 6 nitrogen and oxygen atoms in total. The number of unbranched alkanes of at least 4 members (excludes halogenated alkanes) is 1. The highest BCUT2D eigenvalue weighted by atomic mass is 16.5. The van der Waals surface area contributed by atoms with Gasteiger partial charge in [-0.2, -0.15) is 5.10 Å². The molecule has 0 amide bonds. The largest absolute Gasteiger partial charge is 0.355 e. The monoisotopic (exact) mass is 329 g/mol. The Kier molecular flexibility index (Phi) is 8.29. The third-order valence-corrected chi connectivity index (χ3v) is 3.28. The van der Waals surface area contributed by atoms with Crippen molar-refractivity contribution < 1.29 is 4.52 Å². The Morgan fingerprint density at radius 3 is 2.71 bits per heavy atom. The summed E-state index contributed by atoms with van der Waals surface area (Å²) in [5.74, 6) is 11.9. The van der Waals surface area contributed by atoms with Crippen LogP contribution < -0.4 is 17.1 Å². The molecule has 2 rings (SSSR count). The second-order valence-corrected chi connectivity index (χ2v) is 4.81. The lowest BCUT2D eigenvalue weighted by molar-refractivity contribution is 0.419. The average molecular weight is 329 g/mol. The third-order valence-electron chi connectivity index (χ3n) is 3.28. The van der Waals surface area contributed by atoms with E-state index in [0.29, 0.717) is 5.84 Å². The van der Waals surface area contributed by atoms with Gasteiger partial charge in [-0.3, -0.25) is 0 Å². The van der Waals surface area contributed by atoms with E-state index in [1.807, 2.05) is 51.1 Å². The molecule has 24 heavy (non-hydrogen) atoms. The Labute approximate surface area is 143 Å². The third kappa shape index (κ3) is 4.45. The average Bonchev–Trinajstić information content (AvgIpc) is 3.05. The van der Waals surface area contributed by atoms with Crippen molar-refractivity contribution in [2.75, 3.05) is 0 Å². The van der Waals surface area contributed by atoms with Crippen molar-refractivity contribution >= 4 is 22.3 Å². The summed E-state index contributed by atoms with van der Waals surface area (Å²) >= 11 is 0. The number of nitrogens with one attached hydrogen (secondary N) is 1. The van der Waals surface area contributed by atoms with Crippen LogP contribution >= 0.6 is 0 Å². The van der Waals surface area contributed by atoms with Gasteiger partial charge >= 0.3 is 0 Å². The van der Waals surface area contributed by atoms with E-state index >= 15 is 0 Å². The van der Waals surface area contributed by atoms with E-state index in [4.69, 9.17) is 16.2 Å². The summed E-state index contributed by atoms with van der Waals surface area (Å²) in [5.41, 5.74) is 5.04. The maximum atomic E-state index is 5.54. The standard InChI is InChI=1S/C16H21N5O.C2H6/c1-3-5-7-11(6-4-2)15-13-10-12(16(19-17)20-18)8-9-14(13)21-22-15;1-2/h4,6-10H,3,5,17-18H2,1-2H3,(H,19,20);1-2H3/b6-4-,11-7+;. The van der Waals surface area contributed by atoms with Gasteiger partial charge in [-0.05, 0) is 31.5 Å². The summed E-state index contributed by atoms with van der Waals surface area (Å²) in [7, 11) is 0. The summed E-state index contributed by atoms with van der Waals surface area (Å²) < 4.78 is 5.54. The molecule has 5 N–H and O–H groups in total. The van der Waals surface area contributed by atoms with E-state index in [9.17, 15) is 0 Å². The number of hydrogen-bond acceptors (Lipinski definition) is 5. The van der Waals surface area contributed by atoms with Crippen molar-refractivity contribution in [1.82, 2.24) is 10.6 Å². The van der Waals surface area contributed by atoms with Crippen LogP contribution in [0.3, 0.4) is 0 Å². The van der Waals surface area contributed by atoms with Crippen LogP contribution in [0, 0.1) is 0 Å². The molecule has 0 unspecified atom stereocenters. The number of aromatic nitrogens is 1. The van der Waals surface area contributed by atoms with Gasteiger partial charge in [0, 0.05) is 11.1 Å². The van der Waals surface area contributed by atoms with E-state index in [1.165, 1.54) is 0 Å². The van der Waals surface area contributed by atoms with Crippen molar-refractivity contribution in [2.24, 2.45) is 16.8 Å². The summed E-state index contributed by atoms with van der Waals surface area (Å²) in [6.07, 6.45) is 8.18. The van der Waals surface area contributed by atoms with Crippen LogP contribution in [0.1, 0.15) is 51.9 Å². The second-order valence-electron chi connectivity index (χ2n) is 4.81. The molecule has 0 aliphatic carbocycles. The predicted molar refractivity (Wildman–Crippen MR) is 101 cm³/mol. The summed E-state index contributed by atoms with van der Waals surface area (Å²) in [6.45, 7) is 8.11. The van der Waals surface area contributed by atoms with Crippen LogP contribution in [0.25, 0.3) is 16.5 Å². The molecule has 0 aliphatic rings. The number of nitrogens with two attached hydrogens (primary N) is 2. The number of hydrogen-bond donors (Lipinski definition) is 3. The molecule has 1 heterocycles. The molecule has 1 aromatic carbocycles. The lowest BCUT2D eigenvalue weighted by Crippen LogP contribution is -2.31. The fourth-order valence-electron chi connectivity index (χ4n) is 2.21. The number of hydrazine groups is 1. The van der Waals surface area contributed by atoms with Crippen molar-refractivity contribution in [3.8, 4) is 0 Å². The van der Waals surface area contributed by atoms with Crippen LogP contribution in [0.4, 0.5) is 0 Å². The first-order valence-corrected chi connectivity index (χ1v) is 8.22. The first-order valence-electron chi connectivity index (χ1n) is 8.22. The fourth-order valence-corrected chi connectivity index (χ4v) is 2.21. The number of fused-ring (bicyclic) bond motifs is 1. The second kappa shape index (κ2) is 10.2. The molecule has 0 atom stereocenters. The normalized spacial score (nSPS) is 12.4.